The first-order chi connectivity index (χ1) is 7.34. The van der Waals surface area contributed by atoms with Gasteiger partial charge >= 0.3 is 0 Å². The molecule has 0 N–H and O–H groups in total. The first kappa shape index (κ1) is 11.0. The van der Waals surface area contributed by atoms with Gasteiger partial charge in [0.1, 0.15) is 0 Å². The predicted octanol–water partition coefficient (Wildman–Crippen LogP) is 3.18. The van der Waals surface area contributed by atoms with Gasteiger partial charge in [-0.05, 0) is 56.5 Å². The van der Waals surface area contributed by atoms with E-state index in [2.05, 4.69) is 23.5 Å². The Morgan fingerprint density at radius 2 is 1.73 bits per heavy atom. The van der Waals surface area contributed by atoms with Gasteiger partial charge in [0.15, 0.2) is 0 Å². The zero-order valence-electron chi connectivity index (χ0n) is 8.95. The second-order valence-corrected chi connectivity index (χ2v) is 4.52. The Kier molecular flexibility index (Phi) is 4.04. The summed E-state index contributed by atoms with van der Waals surface area (Å²) in [5, 5.41) is 0.825. The Balaban J connectivity index is 1.79. The highest BCUT2D eigenvalue weighted by atomic mass is 35.5. The molecule has 1 radical (unpaired) electrons. The van der Waals surface area contributed by atoms with Crippen LogP contribution in [0.25, 0.3) is 0 Å². The third-order valence-corrected chi connectivity index (χ3v) is 3.18. The van der Waals surface area contributed by atoms with Crippen LogP contribution < -0.4 is 0 Å². The van der Waals surface area contributed by atoms with Crippen molar-refractivity contribution in [3.63, 3.8) is 0 Å². The van der Waals surface area contributed by atoms with E-state index in [0.29, 0.717) is 0 Å². The van der Waals surface area contributed by atoms with E-state index < -0.39 is 0 Å². The van der Waals surface area contributed by atoms with Gasteiger partial charge in [-0.2, -0.15) is 0 Å². The van der Waals surface area contributed by atoms with E-state index in [0.717, 1.165) is 11.4 Å². The number of piperidine rings is 1. The Bertz CT molecular complexity index is 288. The maximum absolute atomic E-state index is 5.85. The molecule has 1 aromatic rings. The zero-order valence-corrected chi connectivity index (χ0v) is 9.71. The Morgan fingerprint density at radius 3 is 2.40 bits per heavy atom. The number of hydrogen-bond donors (Lipinski definition) is 0. The molecule has 1 aliphatic heterocycles. The van der Waals surface area contributed by atoms with Crippen LogP contribution in [-0.2, 0) is 6.42 Å². The van der Waals surface area contributed by atoms with Gasteiger partial charge in [-0.1, -0.05) is 23.7 Å². The highest BCUT2D eigenvalue weighted by Gasteiger charge is 2.09. The first-order valence-corrected chi connectivity index (χ1v) is 6.01. The lowest BCUT2D eigenvalue weighted by Gasteiger charge is -2.26. The molecule has 0 atom stereocenters. The SMILES string of the molecule is Clc1ccc(CCN2CC[CH]CC2)cc1. The highest BCUT2D eigenvalue weighted by molar-refractivity contribution is 6.30. The van der Waals surface area contributed by atoms with Crippen molar-refractivity contribution in [3.05, 3.63) is 41.3 Å². The van der Waals surface area contributed by atoms with Gasteiger partial charge < -0.3 is 4.90 Å². The van der Waals surface area contributed by atoms with E-state index >= 15 is 0 Å². The molecule has 15 heavy (non-hydrogen) atoms. The summed E-state index contributed by atoms with van der Waals surface area (Å²) in [7, 11) is 0. The van der Waals surface area contributed by atoms with E-state index in [1.165, 1.54) is 38.0 Å². The average Bonchev–Trinajstić information content (AvgIpc) is 2.30. The molecule has 2 heteroatoms. The quantitative estimate of drug-likeness (QED) is 0.760. The van der Waals surface area contributed by atoms with Crippen molar-refractivity contribution in [1.29, 1.82) is 0 Å². The fourth-order valence-electron chi connectivity index (χ4n) is 1.97. The number of nitrogens with zero attached hydrogens (tertiary/aromatic N) is 1. The van der Waals surface area contributed by atoms with Gasteiger partial charge in [0.25, 0.3) is 0 Å². The van der Waals surface area contributed by atoms with Crippen LogP contribution in [0.3, 0.4) is 0 Å². The van der Waals surface area contributed by atoms with Crippen molar-refractivity contribution in [3.8, 4) is 0 Å². The van der Waals surface area contributed by atoms with Crippen molar-refractivity contribution in [2.24, 2.45) is 0 Å². The molecule has 1 heterocycles. The standard InChI is InChI=1S/C13H17ClN/c14-13-6-4-12(5-7-13)8-11-15-9-2-1-3-10-15/h1,4-7H,2-3,8-11H2. The van der Waals surface area contributed by atoms with Crippen LogP contribution in [0.15, 0.2) is 24.3 Å². The van der Waals surface area contributed by atoms with E-state index in [1.807, 2.05) is 12.1 Å². The number of benzene rings is 1. The lowest BCUT2D eigenvalue weighted by molar-refractivity contribution is 0.257. The first-order valence-electron chi connectivity index (χ1n) is 5.63. The summed E-state index contributed by atoms with van der Waals surface area (Å²) in [6, 6.07) is 8.19. The van der Waals surface area contributed by atoms with Crippen molar-refractivity contribution < 1.29 is 0 Å². The summed E-state index contributed by atoms with van der Waals surface area (Å²) in [4.78, 5) is 2.54. The Labute approximate surface area is 97.0 Å². The van der Waals surface area contributed by atoms with Gasteiger partial charge in [0, 0.05) is 11.6 Å². The highest BCUT2D eigenvalue weighted by Crippen LogP contribution is 2.12. The smallest absolute Gasteiger partial charge is 0.0406 e. The molecule has 0 aromatic heterocycles. The minimum atomic E-state index is 0.825. The van der Waals surface area contributed by atoms with Gasteiger partial charge in [-0.15, -0.1) is 0 Å². The molecular formula is C13H17ClN. The minimum Gasteiger partial charge on any atom is -0.303 e. The summed E-state index contributed by atoms with van der Waals surface area (Å²) < 4.78 is 0. The normalized spacial score (nSPS) is 17.9. The predicted molar refractivity (Wildman–Crippen MR) is 65.1 cm³/mol. The van der Waals surface area contributed by atoms with Gasteiger partial charge in [-0.3, -0.25) is 0 Å². The number of likely N-dealkylation sites (tertiary alicyclic amines) is 1. The Morgan fingerprint density at radius 1 is 1.07 bits per heavy atom. The van der Waals surface area contributed by atoms with Crippen molar-refractivity contribution >= 4 is 11.6 Å². The average molecular weight is 223 g/mol. The van der Waals surface area contributed by atoms with Crippen LogP contribution >= 0.6 is 11.6 Å². The van der Waals surface area contributed by atoms with Crippen LogP contribution in [-0.4, -0.2) is 24.5 Å². The number of halogens is 1. The largest absolute Gasteiger partial charge is 0.303 e. The fourth-order valence-corrected chi connectivity index (χ4v) is 2.09. The van der Waals surface area contributed by atoms with Crippen LogP contribution in [0.4, 0.5) is 0 Å². The summed E-state index contributed by atoms with van der Waals surface area (Å²) in [6.45, 7) is 3.64. The molecule has 1 saturated heterocycles. The molecular weight excluding hydrogens is 206 g/mol. The fraction of sp³-hybridized carbons (Fsp3) is 0.462. The maximum Gasteiger partial charge on any atom is 0.0406 e. The molecule has 0 bridgehead atoms. The molecule has 0 amide bonds. The molecule has 2 rings (SSSR count). The molecule has 0 unspecified atom stereocenters. The third-order valence-electron chi connectivity index (χ3n) is 2.93. The molecule has 81 valence electrons. The van der Waals surface area contributed by atoms with E-state index in [1.54, 1.807) is 0 Å². The van der Waals surface area contributed by atoms with Gasteiger partial charge in [0.05, 0.1) is 0 Å². The summed E-state index contributed by atoms with van der Waals surface area (Å²) in [5.41, 5.74) is 1.38. The van der Waals surface area contributed by atoms with Gasteiger partial charge in [-0.25, -0.2) is 0 Å². The van der Waals surface area contributed by atoms with Crippen LogP contribution in [0.2, 0.25) is 5.02 Å². The molecule has 1 nitrogen and oxygen atoms in total. The molecule has 0 aliphatic carbocycles. The van der Waals surface area contributed by atoms with E-state index in [4.69, 9.17) is 11.6 Å². The summed E-state index contributed by atoms with van der Waals surface area (Å²) in [6.07, 6.45) is 6.02. The Hall–Kier alpha value is -0.530. The lowest BCUT2D eigenvalue weighted by atomic mass is 10.1. The topological polar surface area (TPSA) is 3.24 Å². The van der Waals surface area contributed by atoms with Crippen LogP contribution in [0, 0.1) is 6.42 Å². The second-order valence-electron chi connectivity index (χ2n) is 4.08. The number of rotatable bonds is 3. The summed E-state index contributed by atoms with van der Waals surface area (Å²) >= 11 is 5.85. The maximum atomic E-state index is 5.85. The summed E-state index contributed by atoms with van der Waals surface area (Å²) in [5.74, 6) is 0. The van der Waals surface area contributed by atoms with Crippen LogP contribution in [0.1, 0.15) is 18.4 Å². The van der Waals surface area contributed by atoms with E-state index in [9.17, 15) is 0 Å². The lowest BCUT2D eigenvalue weighted by Crippen LogP contribution is -2.31. The molecule has 0 spiro atoms. The van der Waals surface area contributed by atoms with Crippen molar-refractivity contribution in [1.82, 2.24) is 4.90 Å². The van der Waals surface area contributed by atoms with Gasteiger partial charge in [0.2, 0.25) is 0 Å². The number of hydrogen-bond acceptors (Lipinski definition) is 1. The van der Waals surface area contributed by atoms with E-state index in [-0.39, 0.29) is 0 Å². The molecule has 0 saturated carbocycles. The van der Waals surface area contributed by atoms with Crippen LogP contribution in [0.5, 0.6) is 0 Å². The second kappa shape index (κ2) is 5.53. The van der Waals surface area contributed by atoms with Crippen molar-refractivity contribution in [2.75, 3.05) is 19.6 Å². The third kappa shape index (κ3) is 3.51. The molecule has 1 aromatic carbocycles. The molecule has 1 fully saturated rings. The minimum absolute atomic E-state index is 0.825. The zero-order chi connectivity index (χ0) is 10.5. The monoisotopic (exact) mass is 222 g/mol. The molecule has 1 aliphatic rings. The van der Waals surface area contributed by atoms with Crippen molar-refractivity contribution in [2.45, 2.75) is 19.3 Å².